The molecular weight excluding hydrogens is 376 g/mol. The molecule has 0 bridgehead atoms. The molecule has 0 spiro atoms. The highest BCUT2D eigenvalue weighted by molar-refractivity contribution is 5.77. The zero-order valence-corrected chi connectivity index (χ0v) is 16.5. The van der Waals surface area contributed by atoms with Gasteiger partial charge in [0.15, 0.2) is 0 Å². The second-order valence-electron chi connectivity index (χ2n) is 7.41. The summed E-state index contributed by atoms with van der Waals surface area (Å²) >= 11 is 0. The summed E-state index contributed by atoms with van der Waals surface area (Å²) in [5.41, 5.74) is 2.69. The second-order valence-corrected chi connectivity index (χ2v) is 7.41. The molecule has 0 fully saturated rings. The average Bonchev–Trinajstić information content (AvgIpc) is 3.10. The van der Waals surface area contributed by atoms with E-state index in [1.807, 2.05) is 24.3 Å². The van der Waals surface area contributed by atoms with Crippen LogP contribution in [0.1, 0.15) is 44.1 Å². The van der Waals surface area contributed by atoms with Crippen molar-refractivity contribution in [2.45, 2.75) is 45.8 Å². The Morgan fingerprint density at radius 2 is 1.86 bits per heavy atom. The summed E-state index contributed by atoms with van der Waals surface area (Å²) in [6, 6.07) is 13.9. The summed E-state index contributed by atoms with van der Waals surface area (Å²) in [4.78, 5) is 20.5. The maximum atomic E-state index is 12.5. The Balaban J connectivity index is 1.61. The molecule has 0 saturated carbocycles. The van der Waals surface area contributed by atoms with Crippen molar-refractivity contribution in [2.24, 2.45) is 5.92 Å². The van der Waals surface area contributed by atoms with Crippen LogP contribution in [0.2, 0.25) is 0 Å². The number of amides is 1. The predicted octanol–water partition coefficient (Wildman–Crippen LogP) is 5.00. The van der Waals surface area contributed by atoms with E-state index in [0.29, 0.717) is 18.8 Å². The molecule has 0 saturated heterocycles. The van der Waals surface area contributed by atoms with E-state index in [1.54, 1.807) is 12.1 Å². The molecule has 2 aromatic carbocycles. The van der Waals surface area contributed by atoms with E-state index in [1.165, 1.54) is 12.1 Å². The van der Waals surface area contributed by atoms with Crippen molar-refractivity contribution in [1.29, 1.82) is 0 Å². The molecular formula is C22H25F2N3O2. The number of para-hydroxylation sites is 2. The molecule has 29 heavy (non-hydrogen) atoms. The maximum absolute atomic E-state index is 12.5. The highest BCUT2D eigenvalue weighted by Crippen LogP contribution is 2.22. The van der Waals surface area contributed by atoms with Gasteiger partial charge in [-0.2, -0.15) is 8.78 Å². The van der Waals surface area contributed by atoms with Crippen LogP contribution in [0.5, 0.6) is 5.75 Å². The van der Waals surface area contributed by atoms with Crippen molar-refractivity contribution in [3.8, 4) is 5.75 Å². The van der Waals surface area contributed by atoms with Crippen molar-refractivity contribution < 1.29 is 18.3 Å². The van der Waals surface area contributed by atoms with E-state index < -0.39 is 6.61 Å². The Kier molecular flexibility index (Phi) is 6.80. The number of hydrogen-bond acceptors (Lipinski definition) is 3. The number of rotatable bonds is 9. The molecule has 1 unspecified atom stereocenters. The van der Waals surface area contributed by atoms with Gasteiger partial charge in [0.1, 0.15) is 11.6 Å². The molecule has 1 aromatic heterocycles. The summed E-state index contributed by atoms with van der Waals surface area (Å²) in [6.07, 6.45) is 1.57. The van der Waals surface area contributed by atoms with Gasteiger partial charge in [0, 0.05) is 6.42 Å². The van der Waals surface area contributed by atoms with Crippen LogP contribution in [-0.4, -0.2) is 22.5 Å². The van der Waals surface area contributed by atoms with Gasteiger partial charge < -0.3 is 15.0 Å². The summed E-state index contributed by atoms with van der Waals surface area (Å²) < 4.78 is 28.8. The van der Waals surface area contributed by atoms with Crippen LogP contribution >= 0.6 is 0 Å². The fourth-order valence-electron chi connectivity index (χ4n) is 3.21. The first kappa shape index (κ1) is 20.8. The first-order chi connectivity index (χ1) is 13.9. The van der Waals surface area contributed by atoms with E-state index in [2.05, 4.69) is 33.9 Å². The van der Waals surface area contributed by atoms with Crippen LogP contribution < -0.4 is 10.1 Å². The zero-order valence-electron chi connectivity index (χ0n) is 16.5. The lowest BCUT2D eigenvalue weighted by atomic mass is 10.0. The summed E-state index contributed by atoms with van der Waals surface area (Å²) in [6.45, 7) is 1.36. The number of nitrogens with one attached hydrogen (secondary N) is 2. The molecule has 0 aliphatic heterocycles. The number of aryl methyl sites for hydroxylation is 1. The second kappa shape index (κ2) is 9.49. The van der Waals surface area contributed by atoms with Crippen LogP contribution in [0.25, 0.3) is 11.0 Å². The Hall–Kier alpha value is -2.96. The number of H-pyrrole nitrogens is 1. The number of benzene rings is 2. The number of hydrogen-bond donors (Lipinski definition) is 2. The van der Waals surface area contributed by atoms with Gasteiger partial charge in [-0.3, -0.25) is 4.79 Å². The quantitative estimate of drug-likeness (QED) is 0.530. The van der Waals surface area contributed by atoms with Gasteiger partial charge in [-0.25, -0.2) is 4.98 Å². The average molecular weight is 401 g/mol. The van der Waals surface area contributed by atoms with E-state index in [4.69, 9.17) is 0 Å². The molecule has 0 aliphatic rings. The van der Waals surface area contributed by atoms with Crippen molar-refractivity contribution in [2.75, 3.05) is 0 Å². The lowest BCUT2D eigenvalue weighted by Crippen LogP contribution is -2.30. The molecule has 1 amide bonds. The molecule has 1 atom stereocenters. The number of nitrogens with zero attached hydrogens (tertiary/aromatic N) is 1. The lowest BCUT2D eigenvalue weighted by Gasteiger charge is -2.19. The highest BCUT2D eigenvalue weighted by atomic mass is 19.3. The number of ether oxygens (including phenoxy) is 1. The van der Waals surface area contributed by atoms with Gasteiger partial charge in [0.25, 0.3) is 0 Å². The third kappa shape index (κ3) is 6.01. The molecule has 0 radical (unpaired) electrons. The number of halogens is 2. The topological polar surface area (TPSA) is 67.0 Å². The molecule has 7 heteroatoms. The SMILES string of the molecule is CC(C)CC(NC(=O)CCc1ccc(OC(F)F)cc1)c1nc2ccccc2[nH]1. The van der Waals surface area contributed by atoms with Crippen LogP contribution in [-0.2, 0) is 11.2 Å². The normalized spacial score (nSPS) is 12.5. The number of carbonyl (C=O) groups excluding carboxylic acids is 1. The first-order valence-corrected chi connectivity index (χ1v) is 9.68. The number of aromatic amines is 1. The van der Waals surface area contributed by atoms with Crippen LogP contribution in [0.15, 0.2) is 48.5 Å². The van der Waals surface area contributed by atoms with Gasteiger partial charge >= 0.3 is 6.61 Å². The minimum atomic E-state index is -2.84. The summed E-state index contributed by atoms with van der Waals surface area (Å²) in [5.74, 6) is 1.16. The van der Waals surface area contributed by atoms with Crippen molar-refractivity contribution in [1.82, 2.24) is 15.3 Å². The molecule has 2 N–H and O–H groups in total. The Morgan fingerprint density at radius 1 is 1.14 bits per heavy atom. The Bertz CT molecular complexity index is 906. The zero-order chi connectivity index (χ0) is 20.8. The number of imidazole rings is 1. The van der Waals surface area contributed by atoms with Gasteiger partial charge in [-0.15, -0.1) is 0 Å². The maximum Gasteiger partial charge on any atom is 0.387 e. The van der Waals surface area contributed by atoms with Crippen molar-refractivity contribution in [3.05, 3.63) is 59.9 Å². The standard InChI is InChI=1S/C22H25F2N3O2/c1-14(2)13-19(21-26-17-5-3-4-6-18(17)27-21)25-20(28)12-9-15-7-10-16(11-8-15)29-22(23)24/h3-8,10-11,14,19,22H,9,12-13H2,1-2H3,(H,25,28)(H,26,27). The third-order valence-corrected chi connectivity index (χ3v) is 4.57. The van der Waals surface area contributed by atoms with E-state index >= 15 is 0 Å². The van der Waals surface area contributed by atoms with Crippen LogP contribution in [0.3, 0.4) is 0 Å². The minimum Gasteiger partial charge on any atom is -0.435 e. The van der Waals surface area contributed by atoms with Gasteiger partial charge in [0.2, 0.25) is 5.91 Å². The molecule has 0 aliphatic carbocycles. The molecule has 3 aromatic rings. The first-order valence-electron chi connectivity index (χ1n) is 9.68. The van der Waals surface area contributed by atoms with Crippen LogP contribution in [0, 0.1) is 5.92 Å². The van der Waals surface area contributed by atoms with E-state index in [0.717, 1.165) is 28.8 Å². The van der Waals surface area contributed by atoms with Gasteiger partial charge in [0.05, 0.1) is 17.1 Å². The molecule has 5 nitrogen and oxygen atoms in total. The summed E-state index contributed by atoms with van der Waals surface area (Å²) in [5, 5.41) is 3.08. The van der Waals surface area contributed by atoms with Crippen molar-refractivity contribution >= 4 is 16.9 Å². The fourth-order valence-corrected chi connectivity index (χ4v) is 3.21. The molecule has 154 valence electrons. The Labute approximate surface area is 168 Å². The van der Waals surface area contributed by atoms with Crippen LogP contribution in [0.4, 0.5) is 8.78 Å². The predicted molar refractivity (Wildman–Crippen MR) is 108 cm³/mol. The summed E-state index contributed by atoms with van der Waals surface area (Å²) in [7, 11) is 0. The smallest absolute Gasteiger partial charge is 0.387 e. The fraction of sp³-hybridized carbons (Fsp3) is 0.364. The third-order valence-electron chi connectivity index (χ3n) is 4.57. The number of carbonyl (C=O) groups is 1. The Morgan fingerprint density at radius 3 is 2.52 bits per heavy atom. The molecule has 3 rings (SSSR count). The van der Waals surface area contributed by atoms with Gasteiger partial charge in [-0.05, 0) is 48.6 Å². The lowest BCUT2D eigenvalue weighted by molar-refractivity contribution is -0.122. The number of aromatic nitrogens is 2. The minimum absolute atomic E-state index is 0.0796. The molecule has 1 heterocycles. The van der Waals surface area contributed by atoms with Gasteiger partial charge in [-0.1, -0.05) is 38.1 Å². The van der Waals surface area contributed by atoms with E-state index in [-0.39, 0.29) is 17.7 Å². The largest absolute Gasteiger partial charge is 0.435 e. The number of alkyl halides is 2. The van der Waals surface area contributed by atoms with E-state index in [9.17, 15) is 13.6 Å². The van der Waals surface area contributed by atoms with Crippen molar-refractivity contribution in [3.63, 3.8) is 0 Å². The number of fused-ring (bicyclic) bond motifs is 1. The highest BCUT2D eigenvalue weighted by Gasteiger charge is 2.19. The monoisotopic (exact) mass is 401 g/mol.